The molecule has 0 fully saturated rings. The first-order valence-electron chi connectivity index (χ1n) is 15.0. The van der Waals surface area contributed by atoms with E-state index in [0.29, 0.717) is 0 Å². The number of benzene rings is 6. The normalized spacial score (nSPS) is 12.7. The summed E-state index contributed by atoms with van der Waals surface area (Å²) in [5, 5.41) is 7.00. The van der Waals surface area contributed by atoms with E-state index in [2.05, 4.69) is 110 Å². The summed E-state index contributed by atoms with van der Waals surface area (Å²) in [7, 11) is 0. The van der Waals surface area contributed by atoms with Crippen LogP contribution in [0.1, 0.15) is 38.9 Å². The summed E-state index contributed by atoms with van der Waals surface area (Å²) in [4.78, 5) is 0. The molecule has 6 aromatic rings. The maximum atomic E-state index is 13.7. The molecule has 45 heavy (non-hydrogen) atoms. The lowest BCUT2D eigenvalue weighted by Crippen LogP contribution is -2.30. The topological polar surface area (TPSA) is 24.1 Å². The highest BCUT2D eigenvalue weighted by Crippen LogP contribution is 2.58. The molecule has 2 nitrogen and oxygen atoms in total. The summed E-state index contributed by atoms with van der Waals surface area (Å²) in [6, 6.07) is 41.1. The second kappa shape index (κ2) is 11.2. The molecule has 0 aromatic heterocycles. The van der Waals surface area contributed by atoms with E-state index >= 15 is 0 Å². The van der Waals surface area contributed by atoms with Gasteiger partial charge in [-0.1, -0.05) is 72.8 Å². The Bertz CT molecular complexity index is 1950. The molecular formula is C41H32F2N2. The minimum Gasteiger partial charge on any atom is -0.356 e. The van der Waals surface area contributed by atoms with Crippen LogP contribution in [0.25, 0.3) is 17.2 Å². The summed E-state index contributed by atoms with van der Waals surface area (Å²) in [5.74, 6) is -0.543. The highest BCUT2D eigenvalue weighted by Gasteiger charge is 2.47. The van der Waals surface area contributed by atoms with Gasteiger partial charge in [0.15, 0.2) is 0 Å². The van der Waals surface area contributed by atoms with Crippen molar-refractivity contribution in [1.82, 2.24) is 0 Å². The predicted molar refractivity (Wildman–Crippen MR) is 183 cm³/mol. The smallest absolute Gasteiger partial charge is 0.123 e. The third-order valence-electron chi connectivity index (χ3n) is 8.78. The standard InChI is InChI=1S/C41H32F2N2/c1-4-28-7-9-29(10-8-28)41(38-23-26(2)5-6-27(38)3)39-24-34(44-32-15-11-30(42)12-16-32)19-21-36(39)37-22-20-35(25-40(37)41)45-33-17-13-31(43)14-18-33/h4-25,44-45H,1H2,2-3H3. The first-order valence-corrected chi connectivity index (χ1v) is 15.0. The predicted octanol–water partition coefficient (Wildman–Crippen LogP) is 11.1. The number of aryl methyl sites for hydroxylation is 2. The molecule has 2 N–H and O–H groups in total. The molecule has 0 bridgehead atoms. The Kier molecular flexibility index (Phi) is 7.06. The molecular weight excluding hydrogens is 558 g/mol. The van der Waals surface area contributed by atoms with Crippen LogP contribution in [-0.4, -0.2) is 0 Å². The maximum absolute atomic E-state index is 13.7. The molecule has 0 amide bonds. The van der Waals surface area contributed by atoms with Crippen molar-refractivity contribution >= 4 is 28.8 Å². The number of anilines is 4. The van der Waals surface area contributed by atoms with Gasteiger partial charge in [-0.05, 0) is 131 Å². The van der Waals surface area contributed by atoms with Gasteiger partial charge in [0.25, 0.3) is 0 Å². The van der Waals surface area contributed by atoms with Gasteiger partial charge in [0.2, 0.25) is 0 Å². The third-order valence-corrected chi connectivity index (χ3v) is 8.78. The van der Waals surface area contributed by atoms with Crippen LogP contribution >= 0.6 is 0 Å². The summed E-state index contributed by atoms with van der Waals surface area (Å²) in [6.07, 6.45) is 1.86. The van der Waals surface area contributed by atoms with Crippen molar-refractivity contribution in [3.63, 3.8) is 0 Å². The molecule has 0 aliphatic heterocycles. The average molecular weight is 591 g/mol. The van der Waals surface area contributed by atoms with Crippen LogP contribution in [0, 0.1) is 25.5 Å². The third kappa shape index (κ3) is 4.98. The largest absolute Gasteiger partial charge is 0.356 e. The zero-order chi connectivity index (χ0) is 31.1. The van der Waals surface area contributed by atoms with E-state index in [0.717, 1.165) is 56.1 Å². The van der Waals surface area contributed by atoms with Gasteiger partial charge < -0.3 is 10.6 Å². The monoisotopic (exact) mass is 590 g/mol. The summed E-state index contributed by atoms with van der Waals surface area (Å²) in [5.41, 5.74) is 13.1. The van der Waals surface area contributed by atoms with Crippen LogP contribution in [0.15, 0.2) is 134 Å². The van der Waals surface area contributed by atoms with E-state index in [9.17, 15) is 8.78 Å². The Morgan fingerprint density at radius 2 is 1.02 bits per heavy atom. The molecule has 0 radical (unpaired) electrons. The fourth-order valence-corrected chi connectivity index (χ4v) is 6.64. The SMILES string of the molecule is C=Cc1ccc(C2(c3cc(C)ccc3C)c3cc(Nc4ccc(F)cc4)ccc3-c3ccc(Nc4ccc(F)cc4)cc32)cc1. The molecule has 0 unspecified atom stereocenters. The van der Waals surface area contributed by atoms with Crippen molar-refractivity contribution in [2.75, 3.05) is 10.6 Å². The first-order chi connectivity index (χ1) is 21.8. The Labute approximate surface area is 262 Å². The lowest BCUT2D eigenvalue weighted by molar-refractivity contribution is 0.627. The number of hydrogen-bond donors (Lipinski definition) is 2. The summed E-state index contributed by atoms with van der Waals surface area (Å²) < 4.78 is 27.4. The van der Waals surface area contributed by atoms with Crippen molar-refractivity contribution < 1.29 is 8.78 Å². The number of halogens is 2. The van der Waals surface area contributed by atoms with Gasteiger partial charge >= 0.3 is 0 Å². The van der Waals surface area contributed by atoms with Gasteiger partial charge in [0.05, 0.1) is 5.41 Å². The van der Waals surface area contributed by atoms with Crippen molar-refractivity contribution in [3.05, 3.63) is 185 Å². The Morgan fingerprint density at radius 3 is 1.51 bits per heavy atom. The van der Waals surface area contributed by atoms with Crippen molar-refractivity contribution in [3.8, 4) is 11.1 Å². The molecule has 0 atom stereocenters. The van der Waals surface area contributed by atoms with E-state index < -0.39 is 5.41 Å². The van der Waals surface area contributed by atoms with Crippen molar-refractivity contribution in [2.45, 2.75) is 19.3 Å². The van der Waals surface area contributed by atoms with E-state index in [1.54, 1.807) is 24.3 Å². The lowest BCUT2D eigenvalue weighted by Gasteiger charge is -2.36. The highest BCUT2D eigenvalue weighted by atomic mass is 19.1. The number of hydrogen-bond acceptors (Lipinski definition) is 2. The Morgan fingerprint density at radius 1 is 0.533 bits per heavy atom. The minimum absolute atomic E-state index is 0.271. The maximum Gasteiger partial charge on any atom is 0.123 e. The minimum atomic E-state index is -0.651. The van der Waals surface area contributed by atoms with Gasteiger partial charge in [-0.25, -0.2) is 8.78 Å². The molecule has 6 aromatic carbocycles. The van der Waals surface area contributed by atoms with Crippen LogP contribution in [0.5, 0.6) is 0 Å². The fourth-order valence-electron chi connectivity index (χ4n) is 6.64. The molecule has 4 heteroatoms. The number of rotatable bonds is 7. The number of nitrogens with one attached hydrogen (secondary N) is 2. The van der Waals surface area contributed by atoms with Crippen LogP contribution < -0.4 is 10.6 Å². The molecule has 0 saturated heterocycles. The van der Waals surface area contributed by atoms with E-state index in [1.165, 1.54) is 41.0 Å². The first kappa shape index (κ1) is 28.3. The van der Waals surface area contributed by atoms with Gasteiger partial charge in [-0.3, -0.25) is 0 Å². The molecule has 0 spiro atoms. The van der Waals surface area contributed by atoms with Gasteiger partial charge in [-0.15, -0.1) is 0 Å². The molecule has 0 heterocycles. The lowest BCUT2D eigenvalue weighted by atomic mass is 9.66. The van der Waals surface area contributed by atoms with E-state index in [1.807, 2.05) is 6.08 Å². The van der Waals surface area contributed by atoms with Crippen LogP contribution in [0.2, 0.25) is 0 Å². The van der Waals surface area contributed by atoms with Gasteiger partial charge in [0.1, 0.15) is 11.6 Å². The Balaban J connectivity index is 1.50. The molecule has 1 aliphatic carbocycles. The van der Waals surface area contributed by atoms with E-state index in [-0.39, 0.29) is 11.6 Å². The molecule has 1 aliphatic rings. The zero-order valence-electron chi connectivity index (χ0n) is 25.2. The molecule has 0 saturated carbocycles. The van der Waals surface area contributed by atoms with Crippen LogP contribution in [0.3, 0.4) is 0 Å². The summed E-state index contributed by atoms with van der Waals surface area (Å²) >= 11 is 0. The van der Waals surface area contributed by atoms with Crippen LogP contribution in [-0.2, 0) is 5.41 Å². The quantitative estimate of drug-likeness (QED) is 0.193. The molecule has 220 valence electrons. The highest BCUT2D eigenvalue weighted by molar-refractivity contribution is 5.90. The van der Waals surface area contributed by atoms with Crippen molar-refractivity contribution in [1.29, 1.82) is 0 Å². The summed E-state index contributed by atoms with van der Waals surface area (Å²) in [6.45, 7) is 8.29. The van der Waals surface area contributed by atoms with Gasteiger partial charge in [-0.2, -0.15) is 0 Å². The number of fused-ring (bicyclic) bond motifs is 3. The second-order valence-electron chi connectivity index (χ2n) is 11.7. The fraction of sp³-hybridized carbons (Fsp3) is 0.0732. The molecule has 7 rings (SSSR count). The Hall–Kier alpha value is -5.48. The van der Waals surface area contributed by atoms with E-state index in [4.69, 9.17) is 0 Å². The van der Waals surface area contributed by atoms with Crippen molar-refractivity contribution in [2.24, 2.45) is 0 Å². The second-order valence-corrected chi connectivity index (χ2v) is 11.7. The van der Waals surface area contributed by atoms with Crippen LogP contribution in [0.4, 0.5) is 31.5 Å². The van der Waals surface area contributed by atoms with Gasteiger partial charge in [0, 0.05) is 22.7 Å². The average Bonchev–Trinajstić information content (AvgIpc) is 3.34. The zero-order valence-corrected chi connectivity index (χ0v) is 25.2.